The first-order chi connectivity index (χ1) is 23.5. The summed E-state index contributed by atoms with van der Waals surface area (Å²) in [5.41, 5.74) is 1.02. The van der Waals surface area contributed by atoms with Gasteiger partial charge in [0.2, 0.25) is 31.7 Å². The van der Waals surface area contributed by atoms with E-state index in [2.05, 4.69) is 14.5 Å². The molecule has 1 aromatic heterocycles. The number of aryl methyl sites for hydroxylation is 1. The molecule has 3 aliphatic rings. The number of ether oxygens (including phenoxy) is 4. The highest BCUT2D eigenvalue weighted by atomic mass is 16.7. The van der Waals surface area contributed by atoms with E-state index in [0.717, 1.165) is 31.6 Å². The molecule has 6 rings (SSSR count). The number of aliphatic imine (C=N–C) groups is 1. The van der Waals surface area contributed by atoms with Gasteiger partial charge < -0.3 is 23.8 Å². The quantitative estimate of drug-likeness (QED) is 0.0974. The molecular weight excluding hydrogens is 624 g/mol. The number of nitrogens with zero attached hydrogens (tertiary/aromatic N) is 8. The molecule has 48 heavy (non-hydrogen) atoms. The average molecular weight is 661 g/mol. The Balaban J connectivity index is 0.993. The second-order valence-corrected chi connectivity index (χ2v) is 11.0. The zero-order valence-corrected chi connectivity index (χ0v) is 26.1. The van der Waals surface area contributed by atoms with E-state index in [1.54, 1.807) is 52.4 Å². The third-order valence-electron chi connectivity index (χ3n) is 7.96. The molecule has 3 aliphatic heterocycles. The third-order valence-corrected chi connectivity index (χ3v) is 7.96. The van der Waals surface area contributed by atoms with Crippen LogP contribution in [0, 0.1) is 15.0 Å². The van der Waals surface area contributed by atoms with Gasteiger partial charge in [-0.05, 0) is 25.0 Å². The Kier molecular flexibility index (Phi) is 9.98. The van der Waals surface area contributed by atoms with Crippen LogP contribution in [-0.2, 0) is 32.0 Å². The lowest BCUT2D eigenvalue weighted by Gasteiger charge is -2.24. The van der Waals surface area contributed by atoms with Crippen LogP contribution in [0.3, 0.4) is 0 Å². The lowest BCUT2D eigenvalue weighted by atomic mass is 10.2. The van der Waals surface area contributed by atoms with Crippen molar-refractivity contribution in [3.05, 3.63) is 119 Å². The standard InChI is InChI=1S/C32H36N8O8/c41-39(42)28-9-3-1-7-26(28)37(31-21-45-24-47-31)19-17-35-16-15-34(23-35)13-6-5-11-30-33-12-14-36(30)18-20-38(32-22-46-25-48-32)27-8-2-4-10-29(27)40(43)44/h1-4,7-10,12,14-16,21-23H,5-6,11,13,17-20,24-25H2,(H,41,42)/q+3. The van der Waals surface area contributed by atoms with Crippen molar-refractivity contribution in [2.24, 2.45) is 0 Å². The van der Waals surface area contributed by atoms with Crippen LogP contribution in [0.4, 0.5) is 22.7 Å². The molecule has 4 heterocycles. The van der Waals surface area contributed by atoms with E-state index in [-0.39, 0.29) is 29.9 Å². The van der Waals surface area contributed by atoms with Crippen molar-refractivity contribution < 1.29 is 38.6 Å². The summed E-state index contributed by atoms with van der Waals surface area (Å²) in [7, 11) is 0. The van der Waals surface area contributed by atoms with Crippen molar-refractivity contribution in [1.29, 1.82) is 0 Å². The molecule has 0 bridgehead atoms. The predicted molar refractivity (Wildman–Crippen MR) is 171 cm³/mol. The molecule has 0 saturated carbocycles. The first kappa shape index (κ1) is 31.9. The third kappa shape index (κ3) is 7.49. The van der Waals surface area contributed by atoms with Gasteiger partial charge in [0.05, 0.1) is 35.9 Å². The van der Waals surface area contributed by atoms with Crippen LogP contribution in [0.25, 0.3) is 0 Å². The fourth-order valence-electron chi connectivity index (χ4n) is 5.63. The van der Waals surface area contributed by atoms with Crippen LogP contribution < -0.4 is 19.4 Å². The maximum absolute atomic E-state index is 11.8. The summed E-state index contributed by atoms with van der Waals surface area (Å²) in [5.74, 6) is 1.81. The maximum atomic E-state index is 11.8. The second kappa shape index (κ2) is 15.0. The first-order valence-corrected chi connectivity index (χ1v) is 15.5. The largest absolute Gasteiger partial charge is 0.459 e. The van der Waals surface area contributed by atoms with Crippen LogP contribution in [0.2, 0.25) is 0 Å². The smallest absolute Gasteiger partial charge is 0.340 e. The zero-order valence-electron chi connectivity index (χ0n) is 26.1. The fourth-order valence-corrected chi connectivity index (χ4v) is 5.63. The van der Waals surface area contributed by atoms with Gasteiger partial charge in [-0.3, -0.25) is 15.0 Å². The summed E-state index contributed by atoms with van der Waals surface area (Å²) in [6.07, 6.45) is 15.3. The van der Waals surface area contributed by atoms with E-state index in [9.17, 15) is 20.2 Å². The molecule has 16 nitrogen and oxygen atoms in total. The van der Waals surface area contributed by atoms with E-state index >= 15 is 0 Å². The van der Waals surface area contributed by atoms with Gasteiger partial charge in [-0.2, -0.15) is 0 Å². The summed E-state index contributed by atoms with van der Waals surface area (Å²) in [6.45, 7) is 2.96. The molecule has 0 amide bonds. The zero-order chi connectivity index (χ0) is 33.3. The van der Waals surface area contributed by atoms with Gasteiger partial charge in [0.25, 0.3) is 16.4 Å². The Bertz CT molecular complexity index is 1750. The Hall–Kier alpha value is -6.06. The van der Waals surface area contributed by atoms with E-state index in [0.29, 0.717) is 49.3 Å². The molecule has 0 spiro atoms. The summed E-state index contributed by atoms with van der Waals surface area (Å²) >= 11 is 0. The minimum atomic E-state index is -0.401. The number of hydrogen-bond donors (Lipinski definition) is 1. The SMILES string of the molecule is O=[N+]([O-])c1ccccc1N(CCN1C=C[N+]=C1CCCC[n+]1ccn(CCN(C2=COCO2)c2ccccc2[N+](=O)O)c1)C1=COCO1. The minimum Gasteiger partial charge on any atom is -0.459 e. The Morgan fingerprint density at radius 2 is 1.54 bits per heavy atom. The van der Waals surface area contributed by atoms with E-state index in [1.165, 1.54) is 24.7 Å². The van der Waals surface area contributed by atoms with Crippen molar-refractivity contribution in [2.75, 3.05) is 43.0 Å². The number of para-hydroxylation sites is 4. The highest BCUT2D eigenvalue weighted by molar-refractivity contribution is 5.84. The molecular formula is C32H36N8O8+3. The summed E-state index contributed by atoms with van der Waals surface area (Å²) < 4.78 is 25.8. The number of aromatic nitrogens is 2. The van der Waals surface area contributed by atoms with Crippen LogP contribution >= 0.6 is 0 Å². The fraction of sp³-hybridized carbons (Fsp3) is 0.312. The molecule has 0 saturated heterocycles. The minimum absolute atomic E-state index is 0.0131. The highest BCUT2D eigenvalue weighted by Gasteiger charge is 2.30. The monoisotopic (exact) mass is 660 g/mol. The van der Waals surface area contributed by atoms with Gasteiger partial charge in [0.15, 0.2) is 6.20 Å². The lowest BCUT2D eigenvalue weighted by Crippen LogP contribution is -2.36. The van der Waals surface area contributed by atoms with Gasteiger partial charge in [-0.15, -0.1) is 0 Å². The predicted octanol–water partition coefficient (Wildman–Crippen LogP) is 3.79. The van der Waals surface area contributed by atoms with Crippen molar-refractivity contribution in [3.8, 4) is 0 Å². The van der Waals surface area contributed by atoms with E-state index in [1.807, 2.05) is 29.5 Å². The molecule has 0 atom stereocenters. The lowest BCUT2D eigenvalue weighted by molar-refractivity contribution is -0.729. The van der Waals surface area contributed by atoms with Gasteiger partial charge in [0, 0.05) is 12.1 Å². The molecule has 3 aromatic rings. The Labute approximate surface area is 275 Å². The number of nitro groups is 1. The second-order valence-electron chi connectivity index (χ2n) is 11.0. The van der Waals surface area contributed by atoms with Crippen LogP contribution in [-0.4, -0.2) is 63.6 Å². The maximum Gasteiger partial charge on any atom is 0.340 e. The van der Waals surface area contributed by atoms with Gasteiger partial charge in [-0.1, -0.05) is 29.3 Å². The van der Waals surface area contributed by atoms with Crippen LogP contribution in [0.1, 0.15) is 19.3 Å². The van der Waals surface area contributed by atoms with Crippen molar-refractivity contribution in [1.82, 2.24) is 14.5 Å². The molecule has 2 aromatic carbocycles. The average Bonchev–Trinajstić information content (AvgIpc) is 3.93. The Morgan fingerprint density at radius 1 is 0.896 bits per heavy atom. The van der Waals surface area contributed by atoms with Gasteiger partial charge in [0.1, 0.15) is 55.6 Å². The number of nitro benzene ring substituents is 1. The molecule has 1 N–H and O–H groups in total. The highest BCUT2D eigenvalue weighted by Crippen LogP contribution is 2.33. The summed E-state index contributed by atoms with van der Waals surface area (Å²) in [4.78, 5) is 33.1. The number of rotatable bonds is 17. The molecule has 1 radical (unpaired) electrons. The molecule has 0 aliphatic carbocycles. The van der Waals surface area contributed by atoms with Gasteiger partial charge in [-0.25, -0.2) is 19.2 Å². The number of anilines is 2. The number of hydrogen-bond acceptors (Lipinski definition) is 11. The van der Waals surface area contributed by atoms with Crippen molar-refractivity contribution in [2.45, 2.75) is 32.4 Å². The van der Waals surface area contributed by atoms with E-state index < -0.39 is 4.92 Å². The van der Waals surface area contributed by atoms with Crippen molar-refractivity contribution in [3.63, 3.8) is 0 Å². The molecule has 0 unspecified atom stereocenters. The topological polar surface area (TPSA) is 153 Å². The number of benzene rings is 2. The van der Waals surface area contributed by atoms with E-state index in [4.69, 9.17) is 18.9 Å². The van der Waals surface area contributed by atoms with Crippen LogP contribution in [0.15, 0.2) is 104 Å². The number of imidazole rings is 1. The van der Waals surface area contributed by atoms with Gasteiger partial charge >= 0.3 is 5.69 Å². The molecule has 16 heteroatoms. The number of unbranched alkanes of at least 4 members (excludes halogenated alkanes) is 1. The summed E-state index contributed by atoms with van der Waals surface area (Å²) in [6, 6.07) is 13.3. The normalized spacial score (nSPS) is 14.8. The summed E-state index contributed by atoms with van der Waals surface area (Å²) in [5, 5.41) is 21.3. The Morgan fingerprint density at radius 3 is 2.19 bits per heavy atom. The first-order valence-electron chi connectivity index (χ1n) is 15.5. The number of amidine groups is 1. The van der Waals surface area contributed by atoms with Crippen molar-refractivity contribution >= 4 is 28.6 Å². The molecule has 249 valence electrons. The van der Waals surface area contributed by atoms with Crippen LogP contribution in [0.5, 0.6) is 0 Å². The molecule has 0 fully saturated rings.